The number of benzene rings is 1. The van der Waals surface area contributed by atoms with Crippen molar-refractivity contribution in [3.63, 3.8) is 0 Å². The van der Waals surface area contributed by atoms with Gasteiger partial charge in [0, 0.05) is 19.6 Å². The second-order valence-electron chi connectivity index (χ2n) is 5.34. The van der Waals surface area contributed by atoms with E-state index in [0.717, 1.165) is 12.0 Å². The topological polar surface area (TPSA) is 3.24 Å². The smallest absolute Gasteiger partial charge is 0.0166 e. The molecule has 1 aromatic rings. The van der Waals surface area contributed by atoms with Gasteiger partial charge in [-0.05, 0) is 23.8 Å². The number of hydrogen-bond donors (Lipinski definition) is 0. The van der Waals surface area contributed by atoms with E-state index in [9.17, 15) is 0 Å². The third kappa shape index (κ3) is 1.92. The van der Waals surface area contributed by atoms with Crippen LogP contribution in [0.3, 0.4) is 0 Å². The first-order chi connectivity index (χ1) is 7.86. The molecule has 0 aromatic heterocycles. The molecule has 2 aliphatic rings. The largest absolute Gasteiger partial charge is 0.298 e. The summed E-state index contributed by atoms with van der Waals surface area (Å²) in [5, 5.41) is 0. The molecule has 1 nitrogen and oxygen atoms in total. The molecule has 1 saturated carbocycles. The normalized spacial score (nSPS) is 23.2. The van der Waals surface area contributed by atoms with Crippen molar-refractivity contribution in [2.45, 2.75) is 19.3 Å². The molecule has 0 amide bonds. The minimum Gasteiger partial charge on any atom is -0.298 e. The Morgan fingerprint density at radius 1 is 1.12 bits per heavy atom. The van der Waals surface area contributed by atoms with Crippen LogP contribution in [0.15, 0.2) is 36.4 Å². The third-order valence-corrected chi connectivity index (χ3v) is 4.01. The fourth-order valence-electron chi connectivity index (χ4n) is 2.93. The SMILES string of the molecule is C(=C\c1ccccc1)/CN1CC2(CCC2)C1. The maximum Gasteiger partial charge on any atom is 0.0166 e. The zero-order valence-corrected chi connectivity index (χ0v) is 9.73. The number of nitrogens with zero attached hydrogens (tertiary/aromatic N) is 1. The van der Waals surface area contributed by atoms with Crippen LogP contribution in [0.4, 0.5) is 0 Å². The second kappa shape index (κ2) is 4.06. The molecule has 0 N–H and O–H groups in total. The highest BCUT2D eigenvalue weighted by molar-refractivity contribution is 5.48. The van der Waals surface area contributed by atoms with E-state index in [1.54, 1.807) is 0 Å². The van der Waals surface area contributed by atoms with Gasteiger partial charge in [0.05, 0.1) is 0 Å². The molecule has 2 fully saturated rings. The number of hydrogen-bond acceptors (Lipinski definition) is 1. The van der Waals surface area contributed by atoms with Gasteiger partial charge in [0.2, 0.25) is 0 Å². The fraction of sp³-hybridized carbons (Fsp3) is 0.467. The summed E-state index contributed by atoms with van der Waals surface area (Å²) in [6.45, 7) is 3.80. The van der Waals surface area contributed by atoms with Crippen LogP contribution in [-0.2, 0) is 0 Å². The van der Waals surface area contributed by atoms with Crippen LogP contribution in [0, 0.1) is 5.41 Å². The number of rotatable bonds is 3. The molecular weight excluding hydrogens is 194 g/mol. The van der Waals surface area contributed by atoms with E-state index in [0.29, 0.717) is 0 Å². The fourth-order valence-corrected chi connectivity index (χ4v) is 2.93. The lowest BCUT2D eigenvalue weighted by Crippen LogP contribution is -2.59. The Bertz CT molecular complexity index is 368. The van der Waals surface area contributed by atoms with Gasteiger partial charge in [0.15, 0.2) is 0 Å². The van der Waals surface area contributed by atoms with Crippen molar-refractivity contribution in [2.24, 2.45) is 5.41 Å². The van der Waals surface area contributed by atoms with Gasteiger partial charge in [0.1, 0.15) is 0 Å². The van der Waals surface area contributed by atoms with Crippen molar-refractivity contribution in [2.75, 3.05) is 19.6 Å². The minimum absolute atomic E-state index is 0.764. The summed E-state index contributed by atoms with van der Waals surface area (Å²) in [6.07, 6.45) is 8.94. The van der Waals surface area contributed by atoms with E-state index < -0.39 is 0 Å². The van der Waals surface area contributed by atoms with E-state index in [-0.39, 0.29) is 0 Å². The Balaban J connectivity index is 1.46. The molecule has 0 unspecified atom stereocenters. The highest BCUT2D eigenvalue weighted by atomic mass is 15.2. The summed E-state index contributed by atoms with van der Waals surface area (Å²) in [5.74, 6) is 0. The van der Waals surface area contributed by atoms with E-state index in [2.05, 4.69) is 47.4 Å². The lowest BCUT2D eigenvalue weighted by Gasteiger charge is -2.56. The van der Waals surface area contributed by atoms with Crippen molar-refractivity contribution in [3.05, 3.63) is 42.0 Å². The molecule has 3 rings (SSSR count). The second-order valence-corrected chi connectivity index (χ2v) is 5.34. The first-order valence-corrected chi connectivity index (χ1v) is 6.30. The number of likely N-dealkylation sites (tertiary alicyclic amines) is 1. The molecule has 1 saturated heterocycles. The summed E-state index contributed by atoms with van der Waals surface area (Å²) >= 11 is 0. The standard InChI is InChI=1S/C15H19N/c1-2-6-14(7-3-1)8-4-11-16-12-15(13-16)9-5-10-15/h1-4,6-8H,5,9-13H2/b8-4+. The summed E-state index contributed by atoms with van der Waals surface area (Å²) < 4.78 is 0. The van der Waals surface area contributed by atoms with Gasteiger partial charge in [-0.1, -0.05) is 48.9 Å². The molecule has 1 aromatic carbocycles. The highest BCUT2D eigenvalue weighted by Gasteiger charge is 2.46. The minimum atomic E-state index is 0.764. The Morgan fingerprint density at radius 2 is 1.88 bits per heavy atom. The molecule has 0 atom stereocenters. The van der Waals surface area contributed by atoms with Gasteiger partial charge < -0.3 is 0 Å². The van der Waals surface area contributed by atoms with Crippen molar-refractivity contribution < 1.29 is 0 Å². The molecular formula is C15H19N. The van der Waals surface area contributed by atoms with Crippen molar-refractivity contribution in [1.29, 1.82) is 0 Å². The molecule has 1 heteroatoms. The summed E-state index contributed by atoms with van der Waals surface area (Å²) in [7, 11) is 0. The molecule has 0 bridgehead atoms. The Morgan fingerprint density at radius 3 is 2.50 bits per heavy atom. The Hall–Kier alpha value is -1.08. The first-order valence-electron chi connectivity index (χ1n) is 6.30. The molecule has 1 aliphatic carbocycles. The van der Waals surface area contributed by atoms with Crippen molar-refractivity contribution in [1.82, 2.24) is 4.90 Å². The van der Waals surface area contributed by atoms with Gasteiger partial charge in [-0.25, -0.2) is 0 Å². The quantitative estimate of drug-likeness (QED) is 0.745. The predicted octanol–water partition coefficient (Wildman–Crippen LogP) is 3.19. The van der Waals surface area contributed by atoms with Crippen LogP contribution < -0.4 is 0 Å². The van der Waals surface area contributed by atoms with Gasteiger partial charge >= 0.3 is 0 Å². The highest BCUT2D eigenvalue weighted by Crippen LogP contribution is 2.47. The molecule has 84 valence electrons. The maximum absolute atomic E-state index is 2.55. The van der Waals surface area contributed by atoms with Crippen molar-refractivity contribution in [3.8, 4) is 0 Å². The zero-order chi connectivity index (χ0) is 10.8. The Labute approximate surface area is 97.8 Å². The molecule has 16 heavy (non-hydrogen) atoms. The van der Waals surface area contributed by atoms with Gasteiger partial charge in [-0.3, -0.25) is 4.90 Å². The van der Waals surface area contributed by atoms with Gasteiger partial charge in [-0.2, -0.15) is 0 Å². The average molecular weight is 213 g/mol. The molecule has 1 heterocycles. The molecule has 0 radical (unpaired) electrons. The van der Waals surface area contributed by atoms with Gasteiger partial charge in [-0.15, -0.1) is 0 Å². The Kier molecular flexibility index (Phi) is 2.56. The third-order valence-electron chi connectivity index (χ3n) is 4.01. The van der Waals surface area contributed by atoms with Crippen LogP contribution in [0.5, 0.6) is 0 Å². The monoisotopic (exact) mass is 213 g/mol. The zero-order valence-electron chi connectivity index (χ0n) is 9.73. The van der Waals surface area contributed by atoms with Crippen LogP contribution in [0.25, 0.3) is 6.08 Å². The summed E-state index contributed by atoms with van der Waals surface area (Å²) in [4.78, 5) is 2.55. The molecule has 1 spiro atoms. The summed E-state index contributed by atoms with van der Waals surface area (Å²) in [5.41, 5.74) is 2.07. The first kappa shape index (κ1) is 10.1. The van der Waals surface area contributed by atoms with Crippen LogP contribution >= 0.6 is 0 Å². The molecule has 1 aliphatic heterocycles. The predicted molar refractivity (Wildman–Crippen MR) is 68.2 cm³/mol. The lowest BCUT2D eigenvalue weighted by molar-refractivity contribution is -0.0527. The van der Waals surface area contributed by atoms with Crippen LogP contribution in [0.2, 0.25) is 0 Å². The van der Waals surface area contributed by atoms with E-state index >= 15 is 0 Å². The maximum atomic E-state index is 2.55. The summed E-state index contributed by atoms with van der Waals surface area (Å²) in [6, 6.07) is 10.5. The van der Waals surface area contributed by atoms with Crippen LogP contribution in [-0.4, -0.2) is 24.5 Å². The van der Waals surface area contributed by atoms with E-state index in [1.165, 1.54) is 37.9 Å². The van der Waals surface area contributed by atoms with Crippen LogP contribution in [0.1, 0.15) is 24.8 Å². The van der Waals surface area contributed by atoms with Crippen molar-refractivity contribution >= 4 is 6.08 Å². The van der Waals surface area contributed by atoms with E-state index in [4.69, 9.17) is 0 Å². The average Bonchev–Trinajstić information content (AvgIpc) is 2.20. The lowest BCUT2D eigenvalue weighted by atomic mass is 9.63. The van der Waals surface area contributed by atoms with E-state index in [1.807, 2.05) is 0 Å². The van der Waals surface area contributed by atoms with Gasteiger partial charge in [0.25, 0.3) is 0 Å².